The Bertz CT molecular complexity index is 454. The third kappa shape index (κ3) is 4.70. The van der Waals surface area contributed by atoms with Gasteiger partial charge >= 0.3 is 0 Å². The number of hydrogen-bond donors (Lipinski definition) is 1. The topological polar surface area (TPSA) is 49.6 Å². The average Bonchev–Trinajstić information content (AvgIpc) is 2.54. The predicted octanol–water partition coefficient (Wildman–Crippen LogP) is 2.44. The lowest BCUT2D eigenvalue weighted by Gasteiger charge is -2.36. The van der Waals surface area contributed by atoms with Crippen LogP contribution in [0.3, 0.4) is 0 Å². The van der Waals surface area contributed by atoms with Gasteiger partial charge in [-0.25, -0.2) is 0 Å². The van der Waals surface area contributed by atoms with Crippen molar-refractivity contribution in [3.8, 4) is 0 Å². The van der Waals surface area contributed by atoms with Gasteiger partial charge in [0.05, 0.1) is 12.6 Å². The van der Waals surface area contributed by atoms with E-state index >= 15 is 0 Å². The number of likely N-dealkylation sites (N-methyl/N-ethyl adjacent to an activating group) is 1. The average molecular weight is 326 g/mol. The Morgan fingerprint density at radius 2 is 2.05 bits per heavy atom. The van der Waals surface area contributed by atoms with Gasteiger partial charge in [0.2, 0.25) is 5.91 Å². The standard InChI is InChI=1S/C17H27N3O.ClH/c1-14(15-8-4-3-5-9-15)19(2)17(21)13-20-11-7-6-10-16(20)12-18;/h3-5,8-9,14,16H,6-7,10-13,18H2,1-2H3;1H. The van der Waals surface area contributed by atoms with Gasteiger partial charge in [-0.1, -0.05) is 36.8 Å². The van der Waals surface area contributed by atoms with Crippen molar-refractivity contribution in [2.24, 2.45) is 5.73 Å². The first kappa shape index (κ1) is 18.9. The fraction of sp³-hybridized carbons (Fsp3) is 0.588. The van der Waals surface area contributed by atoms with Gasteiger partial charge in [0, 0.05) is 19.6 Å². The number of halogens is 1. The second-order valence-corrected chi connectivity index (χ2v) is 5.95. The van der Waals surface area contributed by atoms with Crippen molar-refractivity contribution >= 4 is 18.3 Å². The number of nitrogens with two attached hydrogens (primary N) is 1. The Balaban J connectivity index is 0.00000242. The van der Waals surface area contributed by atoms with Crippen molar-refractivity contribution in [2.45, 2.75) is 38.3 Å². The van der Waals surface area contributed by atoms with Gasteiger partial charge in [0.1, 0.15) is 0 Å². The SMILES string of the molecule is CC(c1ccccc1)N(C)C(=O)CN1CCCCC1CN.Cl. The van der Waals surface area contributed by atoms with Gasteiger partial charge in [-0.2, -0.15) is 0 Å². The number of likely N-dealkylation sites (tertiary alicyclic amines) is 1. The molecule has 2 atom stereocenters. The largest absolute Gasteiger partial charge is 0.338 e. The molecule has 124 valence electrons. The first-order valence-electron chi connectivity index (χ1n) is 7.88. The van der Waals surface area contributed by atoms with E-state index in [0.717, 1.165) is 13.0 Å². The lowest BCUT2D eigenvalue weighted by atomic mass is 10.0. The van der Waals surface area contributed by atoms with Crippen LogP contribution in [0.15, 0.2) is 30.3 Å². The third-order valence-electron chi connectivity index (χ3n) is 4.62. The maximum absolute atomic E-state index is 12.5. The molecule has 1 heterocycles. The monoisotopic (exact) mass is 325 g/mol. The summed E-state index contributed by atoms with van der Waals surface area (Å²) >= 11 is 0. The number of carbonyl (C=O) groups excluding carboxylic acids is 1. The van der Waals surface area contributed by atoms with Gasteiger partial charge in [-0.15, -0.1) is 12.4 Å². The Labute approximate surface area is 140 Å². The molecule has 1 aromatic rings. The molecule has 1 saturated heterocycles. The van der Waals surface area contributed by atoms with E-state index in [9.17, 15) is 4.79 Å². The van der Waals surface area contributed by atoms with Crippen LogP contribution in [0.2, 0.25) is 0 Å². The summed E-state index contributed by atoms with van der Waals surface area (Å²) in [6.45, 7) is 4.19. The van der Waals surface area contributed by atoms with Crippen LogP contribution >= 0.6 is 12.4 Å². The number of piperidine rings is 1. The van der Waals surface area contributed by atoms with Crippen molar-refractivity contribution < 1.29 is 4.79 Å². The summed E-state index contributed by atoms with van der Waals surface area (Å²) in [5.41, 5.74) is 7.00. The molecule has 0 spiro atoms. The van der Waals surface area contributed by atoms with Crippen molar-refractivity contribution in [3.05, 3.63) is 35.9 Å². The first-order valence-corrected chi connectivity index (χ1v) is 7.88. The zero-order chi connectivity index (χ0) is 15.2. The smallest absolute Gasteiger partial charge is 0.237 e. The van der Waals surface area contributed by atoms with Crippen LogP contribution in [0.1, 0.15) is 37.8 Å². The Kier molecular flexibility index (Phi) is 7.87. The maximum Gasteiger partial charge on any atom is 0.237 e. The molecule has 1 aliphatic rings. The summed E-state index contributed by atoms with van der Waals surface area (Å²) in [6.07, 6.45) is 3.51. The summed E-state index contributed by atoms with van der Waals surface area (Å²) in [6, 6.07) is 10.6. The summed E-state index contributed by atoms with van der Waals surface area (Å²) < 4.78 is 0. The number of amides is 1. The van der Waals surface area contributed by atoms with Gasteiger partial charge in [0.25, 0.3) is 0 Å². The molecule has 4 nitrogen and oxygen atoms in total. The lowest BCUT2D eigenvalue weighted by Crippen LogP contribution is -2.49. The zero-order valence-electron chi connectivity index (χ0n) is 13.6. The van der Waals surface area contributed by atoms with E-state index in [4.69, 9.17) is 5.73 Å². The van der Waals surface area contributed by atoms with Crippen molar-refractivity contribution in [2.75, 3.05) is 26.7 Å². The Morgan fingerprint density at radius 3 is 2.68 bits per heavy atom. The summed E-state index contributed by atoms with van der Waals surface area (Å²) in [5, 5.41) is 0. The molecule has 5 heteroatoms. The third-order valence-corrected chi connectivity index (χ3v) is 4.62. The molecule has 2 unspecified atom stereocenters. The van der Waals surface area contributed by atoms with Gasteiger partial charge in [0.15, 0.2) is 0 Å². The van der Waals surface area contributed by atoms with Gasteiger partial charge in [-0.05, 0) is 31.9 Å². The molecule has 1 aromatic carbocycles. The molecular formula is C17H28ClN3O. The molecule has 0 aliphatic carbocycles. The molecule has 1 aliphatic heterocycles. The van der Waals surface area contributed by atoms with Crippen molar-refractivity contribution in [3.63, 3.8) is 0 Å². The minimum Gasteiger partial charge on any atom is -0.338 e. The van der Waals surface area contributed by atoms with Crippen LogP contribution in [0.5, 0.6) is 0 Å². The fourth-order valence-electron chi connectivity index (χ4n) is 2.99. The highest BCUT2D eigenvalue weighted by atomic mass is 35.5. The van der Waals surface area contributed by atoms with E-state index in [1.807, 2.05) is 30.1 Å². The van der Waals surface area contributed by atoms with Crippen molar-refractivity contribution in [1.29, 1.82) is 0 Å². The molecular weight excluding hydrogens is 298 g/mol. The first-order chi connectivity index (χ1) is 10.1. The molecule has 2 rings (SSSR count). The predicted molar refractivity (Wildman–Crippen MR) is 93.1 cm³/mol. The van der Waals surface area contributed by atoms with E-state index in [0.29, 0.717) is 19.1 Å². The molecule has 0 radical (unpaired) electrons. The summed E-state index contributed by atoms with van der Waals surface area (Å²) in [7, 11) is 1.89. The molecule has 0 saturated carbocycles. The highest BCUT2D eigenvalue weighted by Gasteiger charge is 2.25. The minimum absolute atomic E-state index is 0. The molecule has 2 N–H and O–H groups in total. The second kappa shape index (κ2) is 9.13. The molecule has 0 bridgehead atoms. The Hall–Kier alpha value is -1.10. The molecule has 1 amide bonds. The zero-order valence-corrected chi connectivity index (χ0v) is 14.4. The summed E-state index contributed by atoms with van der Waals surface area (Å²) in [5.74, 6) is 0.173. The number of rotatable bonds is 5. The number of carbonyl (C=O) groups is 1. The number of nitrogens with zero attached hydrogens (tertiary/aromatic N) is 2. The van der Waals surface area contributed by atoms with Gasteiger partial charge < -0.3 is 10.6 Å². The normalized spacial score (nSPS) is 20.0. The van der Waals surface area contributed by atoms with E-state index in [-0.39, 0.29) is 24.4 Å². The van der Waals surface area contributed by atoms with Crippen LogP contribution in [0.25, 0.3) is 0 Å². The highest BCUT2D eigenvalue weighted by Crippen LogP contribution is 2.20. The van der Waals surface area contributed by atoms with E-state index < -0.39 is 0 Å². The molecule has 1 fully saturated rings. The van der Waals surface area contributed by atoms with E-state index in [1.54, 1.807) is 0 Å². The van der Waals surface area contributed by atoms with Crippen LogP contribution in [0, 0.1) is 0 Å². The summed E-state index contributed by atoms with van der Waals surface area (Å²) in [4.78, 5) is 16.6. The maximum atomic E-state index is 12.5. The van der Waals surface area contributed by atoms with E-state index in [1.165, 1.54) is 18.4 Å². The van der Waals surface area contributed by atoms with Crippen LogP contribution < -0.4 is 5.73 Å². The highest BCUT2D eigenvalue weighted by molar-refractivity contribution is 5.85. The lowest BCUT2D eigenvalue weighted by molar-refractivity contribution is -0.133. The van der Waals surface area contributed by atoms with Crippen LogP contribution in [-0.2, 0) is 4.79 Å². The fourth-order valence-corrected chi connectivity index (χ4v) is 2.99. The number of benzene rings is 1. The minimum atomic E-state index is 0. The number of hydrogen-bond acceptors (Lipinski definition) is 3. The second-order valence-electron chi connectivity index (χ2n) is 5.95. The van der Waals surface area contributed by atoms with Gasteiger partial charge in [-0.3, -0.25) is 9.69 Å². The quantitative estimate of drug-likeness (QED) is 0.904. The van der Waals surface area contributed by atoms with Crippen LogP contribution in [0.4, 0.5) is 0 Å². The van der Waals surface area contributed by atoms with Crippen molar-refractivity contribution in [1.82, 2.24) is 9.80 Å². The Morgan fingerprint density at radius 1 is 1.36 bits per heavy atom. The van der Waals surface area contributed by atoms with E-state index in [2.05, 4.69) is 24.0 Å². The molecule has 0 aromatic heterocycles. The molecule has 22 heavy (non-hydrogen) atoms. The van der Waals surface area contributed by atoms with Crippen LogP contribution in [-0.4, -0.2) is 48.4 Å².